The molecule has 0 spiro atoms. The van der Waals surface area contributed by atoms with E-state index in [1.165, 1.54) is 0 Å². The van der Waals surface area contributed by atoms with Crippen LogP contribution in [-0.4, -0.2) is 35.6 Å². The lowest BCUT2D eigenvalue weighted by Crippen LogP contribution is -2.53. The van der Waals surface area contributed by atoms with Gasteiger partial charge in [-0.2, -0.15) is 0 Å². The molecule has 1 rings (SSSR count). The number of carbonyl (C=O) groups is 2. The van der Waals surface area contributed by atoms with Gasteiger partial charge in [-0.3, -0.25) is 9.59 Å². The highest BCUT2D eigenvalue weighted by Crippen LogP contribution is 2.09. The second kappa shape index (κ2) is 9.42. The molecule has 0 radical (unpaired) electrons. The molecule has 2 amide bonds. The molecule has 0 aliphatic rings. The van der Waals surface area contributed by atoms with E-state index in [1.54, 1.807) is 12.1 Å². The van der Waals surface area contributed by atoms with Crippen molar-refractivity contribution in [2.75, 3.05) is 6.61 Å². The molecule has 0 heterocycles. The third-order valence-corrected chi connectivity index (χ3v) is 3.87. The number of aliphatic hydroxyl groups is 1. The molecule has 134 valence electrons. The van der Waals surface area contributed by atoms with Gasteiger partial charge in [0.2, 0.25) is 5.91 Å². The zero-order valence-electron chi connectivity index (χ0n) is 15.3. The van der Waals surface area contributed by atoms with Gasteiger partial charge in [-0.1, -0.05) is 45.4 Å². The van der Waals surface area contributed by atoms with E-state index in [0.717, 1.165) is 5.56 Å². The topological polar surface area (TPSA) is 78.4 Å². The van der Waals surface area contributed by atoms with E-state index in [0.29, 0.717) is 17.9 Å². The van der Waals surface area contributed by atoms with Gasteiger partial charge in [-0.15, -0.1) is 0 Å². The van der Waals surface area contributed by atoms with E-state index in [4.69, 9.17) is 0 Å². The van der Waals surface area contributed by atoms with Gasteiger partial charge in [0.1, 0.15) is 6.04 Å². The van der Waals surface area contributed by atoms with Crippen molar-refractivity contribution in [1.82, 2.24) is 10.6 Å². The Morgan fingerprint density at radius 1 is 1.04 bits per heavy atom. The van der Waals surface area contributed by atoms with Crippen molar-refractivity contribution in [2.24, 2.45) is 11.8 Å². The standard InChI is InChI=1S/C19H30N2O3/c1-12(2)10-16(11-22)20-19(24)17(13(3)4)21-18(23)15-8-6-14(5)7-9-15/h6-9,12-13,16-17,22H,10-11H2,1-5H3,(H,20,24)(H,21,23). The molecule has 0 bridgehead atoms. The highest BCUT2D eigenvalue weighted by Gasteiger charge is 2.26. The Kier molecular flexibility index (Phi) is 7.92. The largest absolute Gasteiger partial charge is 0.394 e. The monoisotopic (exact) mass is 334 g/mol. The number of hydrogen-bond acceptors (Lipinski definition) is 3. The zero-order valence-corrected chi connectivity index (χ0v) is 15.3. The minimum atomic E-state index is -0.639. The van der Waals surface area contributed by atoms with Crippen LogP contribution in [0.4, 0.5) is 0 Å². The summed E-state index contributed by atoms with van der Waals surface area (Å²) in [5.74, 6) is -0.224. The number of nitrogens with one attached hydrogen (secondary N) is 2. The summed E-state index contributed by atoms with van der Waals surface area (Å²) < 4.78 is 0. The predicted molar refractivity (Wildman–Crippen MR) is 95.7 cm³/mol. The fourth-order valence-electron chi connectivity index (χ4n) is 2.50. The zero-order chi connectivity index (χ0) is 18.3. The van der Waals surface area contributed by atoms with E-state index < -0.39 is 6.04 Å². The van der Waals surface area contributed by atoms with Gasteiger partial charge in [0, 0.05) is 5.56 Å². The number of aliphatic hydroxyl groups excluding tert-OH is 1. The van der Waals surface area contributed by atoms with E-state index in [2.05, 4.69) is 10.6 Å². The highest BCUT2D eigenvalue weighted by atomic mass is 16.3. The Labute approximate surface area is 144 Å². The Hall–Kier alpha value is -1.88. The van der Waals surface area contributed by atoms with Gasteiger partial charge in [0.15, 0.2) is 0 Å². The molecule has 24 heavy (non-hydrogen) atoms. The third kappa shape index (κ3) is 6.32. The maximum Gasteiger partial charge on any atom is 0.251 e. The first kappa shape index (κ1) is 20.2. The van der Waals surface area contributed by atoms with Gasteiger partial charge < -0.3 is 15.7 Å². The fourth-order valence-corrected chi connectivity index (χ4v) is 2.50. The number of carbonyl (C=O) groups excluding carboxylic acids is 2. The molecule has 0 aliphatic heterocycles. The molecule has 2 atom stereocenters. The van der Waals surface area contributed by atoms with E-state index >= 15 is 0 Å². The molecule has 0 aliphatic carbocycles. The Balaban J connectivity index is 2.76. The molecule has 0 fully saturated rings. The van der Waals surface area contributed by atoms with Crippen LogP contribution < -0.4 is 10.6 Å². The van der Waals surface area contributed by atoms with Gasteiger partial charge >= 0.3 is 0 Å². The first-order valence-corrected chi connectivity index (χ1v) is 8.53. The summed E-state index contributed by atoms with van der Waals surface area (Å²) in [4.78, 5) is 24.9. The van der Waals surface area contributed by atoms with E-state index in [-0.39, 0.29) is 30.4 Å². The van der Waals surface area contributed by atoms with Crippen LogP contribution in [0.2, 0.25) is 0 Å². The maximum atomic E-state index is 12.5. The number of rotatable bonds is 8. The van der Waals surface area contributed by atoms with Crippen LogP contribution >= 0.6 is 0 Å². The fraction of sp³-hybridized carbons (Fsp3) is 0.579. The Morgan fingerprint density at radius 3 is 2.08 bits per heavy atom. The quantitative estimate of drug-likeness (QED) is 0.682. The number of amides is 2. The smallest absolute Gasteiger partial charge is 0.251 e. The second-order valence-electron chi connectivity index (χ2n) is 7.08. The van der Waals surface area contributed by atoms with Gasteiger partial charge in [-0.25, -0.2) is 0 Å². The molecular weight excluding hydrogens is 304 g/mol. The van der Waals surface area contributed by atoms with Crippen LogP contribution in [0.25, 0.3) is 0 Å². The van der Waals surface area contributed by atoms with Gasteiger partial charge in [0.05, 0.1) is 12.6 Å². The lowest BCUT2D eigenvalue weighted by Gasteiger charge is -2.25. The summed E-state index contributed by atoms with van der Waals surface area (Å²) in [6.45, 7) is 9.68. The number of hydrogen-bond donors (Lipinski definition) is 3. The lowest BCUT2D eigenvalue weighted by molar-refractivity contribution is -0.125. The van der Waals surface area contributed by atoms with Crippen molar-refractivity contribution in [2.45, 2.75) is 53.1 Å². The first-order chi connectivity index (χ1) is 11.2. The summed E-state index contributed by atoms with van der Waals surface area (Å²) >= 11 is 0. The van der Waals surface area contributed by atoms with Gasteiger partial charge in [-0.05, 0) is 37.3 Å². The minimum Gasteiger partial charge on any atom is -0.394 e. The van der Waals surface area contributed by atoms with Crippen LogP contribution in [0.3, 0.4) is 0 Å². The van der Waals surface area contributed by atoms with Crippen molar-refractivity contribution in [3.63, 3.8) is 0 Å². The average molecular weight is 334 g/mol. The van der Waals surface area contributed by atoms with Gasteiger partial charge in [0.25, 0.3) is 5.91 Å². The van der Waals surface area contributed by atoms with Crippen LogP contribution in [0, 0.1) is 18.8 Å². The van der Waals surface area contributed by atoms with Crippen LogP contribution in [0.15, 0.2) is 24.3 Å². The summed E-state index contributed by atoms with van der Waals surface area (Å²) in [6, 6.07) is 6.29. The second-order valence-corrected chi connectivity index (χ2v) is 7.08. The minimum absolute atomic E-state index is 0.0576. The van der Waals surface area contributed by atoms with Crippen LogP contribution in [0.5, 0.6) is 0 Å². The molecule has 0 saturated carbocycles. The van der Waals surface area contributed by atoms with E-state index in [1.807, 2.05) is 46.8 Å². The molecule has 1 aromatic rings. The third-order valence-electron chi connectivity index (χ3n) is 3.87. The van der Waals surface area contributed by atoms with Crippen LogP contribution in [0.1, 0.15) is 50.0 Å². The molecule has 2 unspecified atom stereocenters. The van der Waals surface area contributed by atoms with E-state index in [9.17, 15) is 14.7 Å². The van der Waals surface area contributed by atoms with Crippen molar-refractivity contribution in [3.05, 3.63) is 35.4 Å². The van der Waals surface area contributed by atoms with Crippen LogP contribution in [-0.2, 0) is 4.79 Å². The SMILES string of the molecule is Cc1ccc(C(=O)NC(C(=O)NC(CO)CC(C)C)C(C)C)cc1. The normalized spacial score (nSPS) is 13.7. The summed E-state index contributed by atoms with van der Waals surface area (Å²) in [5.41, 5.74) is 1.60. The summed E-state index contributed by atoms with van der Waals surface area (Å²) in [6.07, 6.45) is 0.693. The molecule has 5 nitrogen and oxygen atoms in total. The maximum absolute atomic E-state index is 12.5. The Morgan fingerprint density at radius 2 is 1.62 bits per heavy atom. The summed E-state index contributed by atoms with van der Waals surface area (Å²) in [7, 11) is 0. The highest BCUT2D eigenvalue weighted by molar-refractivity contribution is 5.97. The van der Waals surface area contributed by atoms with Crippen molar-refractivity contribution in [1.29, 1.82) is 0 Å². The molecule has 5 heteroatoms. The van der Waals surface area contributed by atoms with Crippen molar-refractivity contribution in [3.8, 4) is 0 Å². The molecule has 0 saturated heterocycles. The van der Waals surface area contributed by atoms with Crippen molar-refractivity contribution >= 4 is 11.8 Å². The Bertz CT molecular complexity index is 538. The number of aryl methyl sites for hydroxylation is 1. The lowest BCUT2D eigenvalue weighted by atomic mass is 10.00. The predicted octanol–water partition coefficient (Wildman–Crippen LogP) is 2.27. The average Bonchev–Trinajstić information content (AvgIpc) is 2.51. The number of benzene rings is 1. The molecule has 3 N–H and O–H groups in total. The van der Waals surface area contributed by atoms with Crippen molar-refractivity contribution < 1.29 is 14.7 Å². The molecular formula is C19H30N2O3. The summed E-state index contributed by atoms with van der Waals surface area (Å²) in [5, 5.41) is 15.1. The molecule has 1 aromatic carbocycles. The first-order valence-electron chi connectivity index (χ1n) is 8.53. The molecule has 0 aromatic heterocycles.